The molecule has 1 atom stereocenters. The van der Waals surface area contributed by atoms with Gasteiger partial charge in [0.05, 0.1) is 6.04 Å². The van der Waals surface area contributed by atoms with Crippen molar-refractivity contribution in [2.24, 2.45) is 0 Å². The van der Waals surface area contributed by atoms with Gasteiger partial charge in [0.2, 0.25) is 0 Å². The maximum Gasteiger partial charge on any atom is 0.134 e. The second-order valence-corrected chi connectivity index (χ2v) is 4.87. The molecule has 0 aliphatic heterocycles. The molecule has 2 heterocycles. The molecular weight excluding hydrogens is 242 g/mol. The van der Waals surface area contributed by atoms with E-state index < -0.39 is 0 Å². The predicted octanol–water partition coefficient (Wildman–Crippen LogP) is 3.67. The van der Waals surface area contributed by atoms with Gasteiger partial charge in [-0.15, -0.1) is 11.3 Å². The van der Waals surface area contributed by atoms with Crippen molar-refractivity contribution in [3.8, 4) is 0 Å². The number of nitrogens with one attached hydrogen (secondary N) is 1. The Morgan fingerprint density at radius 2 is 2.25 bits per heavy atom. The molecule has 0 aromatic carbocycles. The second kappa shape index (κ2) is 4.80. The lowest BCUT2D eigenvalue weighted by molar-refractivity contribution is 0.887. The van der Waals surface area contributed by atoms with E-state index in [2.05, 4.69) is 33.7 Å². The zero-order valence-corrected chi connectivity index (χ0v) is 10.6. The molecule has 0 aliphatic rings. The number of anilines is 1. The Kier molecular flexibility index (Phi) is 3.41. The molecule has 0 bridgehead atoms. The van der Waals surface area contributed by atoms with Crippen LogP contribution in [0.4, 0.5) is 5.82 Å². The van der Waals surface area contributed by atoms with Crippen LogP contribution in [-0.2, 0) is 0 Å². The summed E-state index contributed by atoms with van der Waals surface area (Å²) >= 11 is 7.59. The highest BCUT2D eigenvalue weighted by Crippen LogP contribution is 2.22. The van der Waals surface area contributed by atoms with Crippen molar-refractivity contribution >= 4 is 28.8 Å². The fourth-order valence-electron chi connectivity index (χ4n) is 1.44. The predicted molar refractivity (Wildman–Crippen MR) is 68.1 cm³/mol. The molecule has 1 N–H and O–H groups in total. The first-order chi connectivity index (χ1) is 7.65. The lowest BCUT2D eigenvalue weighted by atomic mass is 10.3. The minimum atomic E-state index is 0.227. The fourth-order valence-corrected chi connectivity index (χ4v) is 2.40. The van der Waals surface area contributed by atoms with E-state index in [-0.39, 0.29) is 6.04 Å². The Balaban J connectivity index is 2.15. The third-order valence-electron chi connectivity index (χ3n) is 2.14. The maximum atomic E-state index is 5.87. The number of hydrogen-bond acceptors (Lipinski definition) is 4. The summed E-state index contributed by atoms with van der Waals surface area (Å²) in [7, 11) is 0. The first-order valence-corrected chi connectivity index (χ1v) is 6.22. The quantitative estimate of drug-likeness (QED) is 0.848. The van der Waals surface area contributed by atoms with E-state index in [1.165, 1.54) is 4.88 Å². The third-order valence-corrected chi connectivity index (χ3v) is 3.39. The summed E-state index contributed by atoms with van der Waals surface area (Å²) in [6.45, 7) is 3.92. The van der Waals surface area contributed by atoms with E-state index in [4.69, 9.17) is 11.6 Å². The normalized spacial score (nSPS) is 12.4. The summed E-state index contributed by atoms with van der Waals surface area (Å²) in [5.74, 6) is 1.44. The first-order valence-electron chi connectivity index (χ1n) is 4.96. The van der Waals surface area contributed by atoms with Crippen LogP contribution in [0.1, 0.15) is 23.7 Å². The van der Waals surface area contributed by atoms with Gasteiger partial charge in [-0.1, -0.05) is 17.7 Å². The van der Waals surface area contributed by atoms with Gasteiger partial charge >= 0.3 is 0 Å². The van der Waals surface area contributed by atoms with E-state index in [0.29, 0.717) is 11.0 Å². The van der Waals surface area contributed by atoms with E-state index in [0.717, 1.165) is 5.82 Å². The number of aryl methyl sites for hydroxylation is 1. The topological polar surface area (TPSA) is 37.8 Å². The lowest BCUT2D eigenvalue weighted by Gasteiger charge is -2.13. The van der Waals surface area contributed by atoms with E-state index in [1.807, 2.05) is 13.0 Å². The molecule has 5 heteroatoms. The molecule has 0 amide bonds. The van der Waals surface area contributed by atoms with Crippen LogP contribution in [-0.4, -0.2) is 9.97 Å². The van der Waals surface area contributed by atoms with Crippen molar-refractivity contribution < 1.29 is 0 Å². The molecule has 2 rings (SSSR count). The van der Waals surface area contributed by atoms with Crippen molar-refractivity contribution in [3.63, 3.8) is 0 Å². The molecule has 0 saturated heterocycles. The largest absolute Gasteiger partial charge is 0.363 e. The van der Waals surface area contributed by atoms with E-state index in [9.17, 15) is 0 Å². The Labute approximate surface area is 104 Å². The van der Waals surface area contributed by atoms with E-state index >= 15 is 0 Å². The number of rotatable bonds is 3. The van der Waals surface area contributed by atoms with Gasteiger partial charge in [-0.25, -0.2) is 9.97 Å². The fraction of sp³-hybridized carbons (Fsp3) is 0.273. The van der Waals surface area contributed by atoms with Crippen LogP contribution in [0.25, 0.3) is 0 Å². The molecule has 0 fully saturated rings. The number of thiophene rings is 1. The molecule has 2 aromatic rings. The summed E-state index contributed by atoms with van der Waals surface area (Å²) in [6.07, 6.45) is 0. The van der Waals surface area contributed by atoms with Crippen molar-refractivity contribution in [2.45, 2.75) is 19.9 Å². The first kappa shape index (κ1) is 11.4. The Morgan fingerprint density at radius 1 is 1.44 bits per heavy atom. The molecular formula is C11H12ClN3S. The summed E-state index contributed by atoms with van der Waals surface area (Å²) in [6, 6.07) is 6.10. The number of aromatic nitrogens is 2. The Morgan fingerprint density at radius 3 is 2.88 bits per heavy atom. The van der Waals surface area contributed by atoms with Crippen molar-refractivity contribution in [1.82, 2.24) is 9.97 Å². The molecule has 1 unspecified atom stereocenters. The summed E-state index contributed by atoms with van der Waals surface area (Å²) in [4.78, 5) is 9.57. The highest BCUT2D eigenvalue weighted by atomic mass is 35.5. The average Bonchev–Trinajstić information content (AvgIpc) is 2.68. The monoisotopic (exact) mass is 253 g/mol. The van der Waals surface area contributed by atoms with Gasteiger partial charge in [0, 0.05) is 10.9 Å². The summed E-state index contributed by atoms with van der Waals surface area (Å²) in [5, 5.41) is 5.83. The minimum absolute atomic E-state index is 0.227. The highest BCUT2D eigenvalue weighted by Gasteiger charge is 2.07. The van der Waals surface area contributed by atoms with Crippen molar-refractivity contribution in [1.29, 1.82) is 0 Å². The highest BCUT2D eigenvalue weighted by molar-refractivity contribution is 7.10. The van der Waals surface area contributed by atoms with Gasteiger partial charge < -0.3 is 5.32 Å². The van der Waals surface area contributed by atoms with Crippen LogP contribution < -0.4 is 5.32 Å². The van der Waals surface area contributed by atoms with Crippen LogP contribution in [0.5, 0.6) is 0 Å². The summed E-state index contributed by atoms with van der Waals surface area (Å²) < 4.78 is 0. The van der Waals surface area contributed by atoms with Crippen LogP contribution in [0.3, 0.4) is 0 Å². The van der Waals surface area contributed by atoms with Crippen molar-refractivity contribution in [2.75, 3.05) is 5.32 Å². The molecule has 0 spiro atoms. The Hall–Kier alpha value is -1.13. The standard InChI is InChI=1S/C11H12ClN3S/c1-7(9-4-3-5-16-9)13-11-6-10(12)14-8(2)15-11/h3-7H,1-2H3,(H,13,14,15). The van der Waals surface area contributed by atoms with E-state index in [1.54, 1.807) is 17.4 Å². The van der Waals surface area contributed by atoms with Gasteiger partial charge in [0.1, 0.15) is 16.8 Å². The minimum Gasteiger partial charge on any atom is -0.363 e. The van der Waals surface area contributed by atoms with Gasteiger partial charge in [0.15, 0.2) is 0 Å². The van der Waals surface area contributed by atoms with Gasteiger partial charge in [-0.05, 0) is 25.3 Å². The molecule has 0 saturated carbocycles. The lowest BCUT2D eigenvalue weighted by Crippen LogP contribution is -2.07. The van der Waals surface area contributed by atoms with Crippen LogP contribution >= 0.6 is 22.9 Å². The SMILES string of the molecule is Cc1nc(Cl)cc(NC(C)c2cccs2)n1. The number of hydrogen-bond donors (Lipinski definition) is 1. The third kappa shape index (κ3) is 2.71. The van der Waals surface area contributed by atoms with Crippen molar-refractivity contribution in [3.05, 3.63) is 39.4 Å². The zero-order chi connectivity index (χ0) is 11.5. The second-order valence-electron chi connectivity index (χ2n) is 3.50. The van der Waals surface area contributed by atoms with Gasteiger partial charge in [-0.2, -0.15) is 0 Å². The van der Waals surface area contributed by atoms with Gasteiger partial charge in [0.25, 0.3) is 0 Å². The van der Waals surface area contributed by atoms with Crippen LogP contribution in [0, 0.1) is 6.92 Å². The average molecular weight is 254 g/mol. The molecule has 84 valence electrons. The summed E-state index contributed by atoms with van der Waals surface area (Å²) in [5.41, 5.74) is 0. The Bertz CT molecular complexity index is 450. The molecule has 0 radical (unpaired) electrons. The maximum absolute atomic E-state index is 5.87. The molecule has 2 aromatic heterocycles. The van der Waals surface area contributed by atoms with Crippen LogP contribution in [0.2, 0.25) is 5.15 Å². The molecule has 3 nitrogen and oxygen atoms in total. The van der Waals surface area contributed by atoms with Gasteiger partial charge in [-0.3, -0.25) is 0 Å². The molecule has 0 aliphatic carbocycles. The van der Waals surface area contributed by atoms with Crippen LogP contribution in [0.15, 0.2) is 23.6 Å². The smallest absolute Gasteiger partial charge is 0.134 e. The number of halogens is 1. The number of nitrogens with zero attached hydrogens (tertiary/aromatic N) is 2. The zero-order valence-electron chi connectivity index (χ0n) is 9.07. The molecule has 16 heavy (non-hydrogen) atoms.